The Morgan fingerprint density at radius 2 is 2.18 bits per heavy atom. The maximum absolute atomic E-state index is 11.9. The van der Waals surface area contributed by atoms with Gasteiger partial charge in [0.25, 0.3) is 0 Å². The topological polar surface area (TPSA) is 75.9 Å². The minimum absolute atomic E-state index is 0.0578. The molecular weight excluding hydrogens is 222 g/mol. The van der Waals surface area contributed by atoms with E-state index < -0.39 is 0 Å². The smallest absolute Gasteiger partial charge is 0.246 e. The summed E-state index contributed by atoms with van der Waals surface area (Å²) in [6, 6.07) is -0.389. The molecule has 2 aliphatic rings. The van der Waals surface area contributed by atoms with Crippen LogP contribution >= 0.6 is 0 Å². The molecule has 0 aromatic heterocycles. The maximum Gasteiger partial charge on any atom is 0.246 e. The van der Waals surface area contributed by atoms with Crippen LogP contribution in [0.25, 0.3) is 0 Å². The first kappa shape index (κ1) is 12.5. The molecule has 3 unspecified atom stereocenters. The highest BCUT2D eigenvalue weighted by atomic mass is 16.5. The molecule has 2 aliphatic heterocycles. The summed E-state index contributed by atoms with van der Waals surface area (Å²) in [7, 11) is 1.54. The number of imide groups is 1. The van der Waals surface area contributed by atoms with Crippen LogP contribution in [0.1, 0.15) is 13.3 Å². The molecule has 6 nitrogen and oxygen atoms in total. The van der Waals surface area contributed by atoms with E-state index in [0.717, 1.165) is 0 Å². The third-order valence-corrected chi connectivity index (χ3v) is 3.51. The van der Waals surface area contributed by atoms with E-state index in [2.05, 4.69) is 0 Å². The second-order valence-corrected chi connectivity index (χ2v) is 4.77. The molecule has 6 heteroatoms. The van der Waals surface area contributed by atoms with Crippen LogP contribution in [0, 0.1) is 0 Å². The third kappa shape index (κ3) is 2.34. The van der Waals surface area contributed by atoms with Gasteiger partial charge in [-0.25, -0.2) is 0 Å². The normalized spacial score (nSPS) is 33.2. The number of likely N-dealkylation sites (N-methyl/N-ethyl adjacent to an activating group) is 1. The van der Waals surface area contributed by atoms with E-state index in [0.29, 0.717) is 19.7 Å². The zero-order valence-electron chi connectivity index (χ0n) is 10.3. The van der Waals surface area contributed by atoms with Crippen LogP contribution in [0.4, 0.5) is 0 Å². The van der Waals surface area contributed by atoms with E-state index in [1.807, 2.05) is 11.8 Å². The molecule has 2 heterocycles. The number of carbonyl (C=O) groups is 2. The summed E-state index contributed by atoms with van der Waals surface area (Å²) in [5, 5.41) is 0. The van der Waals surface area contributed by atoms with Crippen LogP contribution in [-0.2, 0) is 14.3 Å². The number of nitrogens with two attached hydrogens (primary N) is 1. The van der Waals surface area contributed by atoms with Crippen LogP contribution in [0.3, 0.4) is 0 Å². The van der Waals surface area contributed by atoms with Gasteiger partial charge >= 0.3 is 0 Å². The van der Waals surface area contributed by atoms with Crippen LogP contribution in [-0.4, -0.2) is 66.5 Å². The molecule has 3 atom stereocenters. The number of morpholine rings is 1. The minimum Gasteiger partial charge on any atom is -0.374 e. The molecule has 96 valence electrons. The van der Waals surface area contributed by atoms with Gasteiger partial charge in [0.1, 0.15) is 0 Å². The lowest BCUT2D eigenvalue weighted by Crippen LogP contribution is -2.54. The average Bonchev–Trinajstić information content (AvgIpc) is 2.57. The van der Waals surface area contributed by atoms with Crippen molar-refractivity contribution < 1.29 is 14.3 Å². The van der Waals surface area contributed by atoms with Gasteiger partial charge in [-0.3, -0.25) is 19.4 Å². The van der Waals surface area contributed by atoms with Crippen molar-refractivity contribution in [2.45, 2.75) is 31.5 Å². The highest BCUT2D eigenvalue weighted by Gasteiger charge is 2.41. The lowest BCUT2D eigenvalue weighted by atomic mass is 10.1. The second-order valence-electron chi connectivity index (χ2n) is 4.77. The Kier molecular flexibility index (Phi) is 3.46. The number of hydrogen-bond donors (Lipinski definition) is 1. The number of carbonyl (C=O) groups excluding carboxylic acids is 2. The van der Waals surface area contributed by atoms with E-state index in [1.165, 1.54) is 11.9 Å². The van der Waals surface area contributed by atoms with Gasteiger partial charge in [-0.1, -0.05) is 0 Å². The molecule has 2 saturated heterocycles. The molecule has 2 rings (SSSR count). The van der Waals surface area contributed by atoms with Crippen molar-refractivity contribution in [3.63, 3.8) is 0 Å². The van der Waals surface area contributed by atoms with Crippen molar-refractivity contribution in [1.82, 2.24) is 9.80 Å². The number of rotatable bonds is 2. The fourth-order valence-corrected chi connectivity index (χ4v) is 2.32. The summed E-state index contributed by atoms with van der Waals surface area (Å²) >= 11 is 0. The number of ether oxygens (including phenoxy) is 1. The Morgan fingerprint density at radius 1 is 1.47 bits per heavy atom. The monoisotopic (exact) mass is 241 g/mol. The summed E-state index contributed by atoms with van der Waals surface area (Å²) in [5.74, 6) is -0.218. The molecule has 0 aliphatic carbocycles. The van der Waals surface area contributed by atoms with Gasteiger partial charge in [0.2, 0.25) is 11.8 Å². The molecular formula is C11H19N3O3. The van der Waals surface area contributed by atoms with Crippen molar-refractivity contribution in [2.75, 3.05) is 26.7 Å². The second kappa shape index (κ2) is 4.72. The van der Waals surface area contributed by atoms with E-state index in [9.17, 15) is 9.59 Å². The summed E-state index contributed by atoms with van der Waals surface area (Å²) < 4.78 is 5.54. The molecule has 0 radical (unpaired) electrons. The van der Waals surface area contributed by atoms with Gasteiger partial charge in [0.15, 0.2) is 0 Å². The lowest BCUT2D eigenvalue weighted by molar-refractivity contribution is -0.139. The number of hydrogen-bond acceptors (Lipinski definition) is 5. The van der Waals surface area contributed by atoms with E-state index in [4.69, 9.17) is 10.5 Å². The van der Waals surface area contributed by atoms with Crippen LogP contribution in [0.2, 0.25) is 0 Å². The first-order chi connectivity index (χ1) is 8.00. The highest BCUT2D eigenvalue weighted by Crippen LogP contribution is 2.20. The fourth-order valence-electron chi connectivity index (χ4n) is 2.32. The highest BCUT2D eigenvalue weighted by molar-refractivity contribution is 6.05. The van der Waals surface area contributed by atoms with Gasteiger partial charge in [-0.15, -0.1) is 0 Å². The first-order valence-electron chi connectivity index (χ1n) is 5.92. The van der Waals surface area contributed by atoms with Gasteiger partial charge < -0.3 is 10.5 Å². The Bertz CT molecular complexity index is 332. The van der Waals surface area contributed by atoms with Crippen LogP contribution in [0.15, 0.2) is 0 Å². The van der Waals surface area contributed by atoms with Crippen molar-refractivity contribution in [1.29, 1.82) is 0 Å². The predicted octanol–water partition coefficient (Wildman–Crippen LogP) is -1.21. The standard InChI is InChI=1S/C11H19N3O3/c1-7(12)9-6-14(3-4-17-9)8-5-10(15)13(2)11(8)16/h7-9H,3-6,12H2,1-2H3. The molecule has 0 aromatic carbocycles. The van der Waals surface area contributed by atoms with E-state index in [-0.39, 0.29) is 36.4 Å². The predicted molar refractivity (Wildman–Crippen MR) is 61.1 cm³/mol. The zero-order valence-corrected chi connectivity index (χ0v) is 10.3. The van der Waals surface area contributed by atoms with Crippen molar-refractivity contribution in [3.05, 3.63) is 0 Å². The summed E-state index contributed by atoms with van der Waals surface area (Å²) in [6.07, 6.45) is 0.221. The van der Waals surface area contributed by atoms with E-state index >= 15 is 0 Å². The number of likely N-dealkylation sites (tertiary alicyclic amines) is 1. The van der Waals surface area contributed by atoms with Crippen molar-refractivity contribution in [3.8, 4) is 0 Å². The first-order valence-corrected chi connectivity index (χ1v) is 5.92. The van der Waals surface area contributed by atoms with Gasteiger partial charge in [0.05, 0.1) is 25.2 Å². The molecule has 0 saturated carbocycles. The fraction of sp³-hybridized carbons (Fsp3) is 0.818. The van der Waals surface area contributed by atoms with Gasteiger partial charge in [-0.2, -0.15) is 0 Å². The average molecular weight is 241 g/mol. The number of amides is 2. The maximum atomic E-state index is 11.9. The summed E-state index contributed by atoms with van der Waals surface area (Å²) in [5.41, 5.74) is 5.80. The lowest BCUT2D eigenvalue weighted by Gasteiger charge is -2.37. The Labute approximate surface area is 101 Å². The molecule has 2 N–H and O–H groups in total. The van der Waals surface area contributed by atoms with Gasteiger partial charge in [-0.05, 0) is 6.92 Å². The SMILES string of the molecule is CC(N)C1CN(C2CC(=O)N(C)C2=O)CCO1. The minimum atomic E-state index is -0.322. The number of nitrogens with zero attached hydrogens (tertiary/aromatic N) is 2. The van der Waals surface area contributed by atoms with Crippen molar-refractivity contribution >= 4 is 11.8 Å². The summed E-state index contributed by atoms with van der Waals surface area (Å²) in [4.78, 5) is 26.6. The largest absolute Gasteiger partial charge is 0.374 e. The molecule has 0 bridgehead atoms. The molecule has 17 heavy (non-hydrogen) atoms. The third-order valence-electron chi connectivity index (χ3n) is 3.51. The molecule has 0 aromatic rings. The Hall–Kier alpha value is -0.980. The quantitative estimate of drug-likeness (QED) is 0.614. The molecule has 2 amide bonds. The van der Waals surface area contributed by atoms with Crippen LogP contribution in [0.5, 0.6) is 0 Å². The Balaban J connectivity index is 2.03. The van der Waals surface area contributed by atoms with Crippen molar-refractivity contribution in [2.24, 2.45) is 5.73 Å². The zero-order chi connectivity index (χ0) is 12.6. The van der Waals surface area contributed by atoms with Gasteiger partial charge in [0, 0.05) is 26.2 Å². The van der Waals surface area contributed by atoms with Crippen LogP contribution < -0.4 is 5.73 Å². The molecule has 2 fully saturated rings. The molecule has 0 spiro atoms. The summed E-state index contributed by atoms with van der Waals surface area (Å²) in [6.45, 7) is 3.76. The van der Waals surface area contributed by atoms with E-state index in [1.54, 1.807) is 0 Å². The Morgan fingerprint density at radius 3 is 2.71 bits per heavy atom.